The summed E-state index contributed by atoms with van der Waals surface area (Å²) in [4.78, 5) is 22.5. The first kappa shape index (κ1) is 17.2. The minimum absolute atomic E-state index is 0.0206. The third-order valence-electron chi connectivity index (χ3n) is 3.21. The second kappa shape index (κ2) is 9.13. The molecule has 0 spiro atoms. The van der Waals surface area contributed by atoms with Gasteiger partial charge < -0.3 is 15.2 Å². The van der Waals surface area contributed by atoms with E-state index in [-0.39, 0.29) is 31.0 Å². The summed E-state index contributed by atoms with van der Waals surface area (Å²) in [5, 5.41) is 11.2. The van der Waals surface area contributed by atoms with Gasteiger partial charge in [0.05, 0.1) is 6.61 Å². The summed E-state index contributed by atoms with van der Waals surface area (Å²) in [6.45, 7) is 4.23. The zero-order chi connectivity index (χ0) is 15.7. The van der Waals surface area contributed by atoms with E-state index in [1.807, 2.05) is 44.2 Å². The van der Waals surface area contributed by atoms with Gasteiger partial charge in [0.1, 0.15) is 6.61 Å². The van der Waals surface area contributed by atoms with Gasteiger partial charge in [-0.15, -0.1) is 0 Å². The molecule has 0 fully saturated rings. The number of nitrogens with one attached hydrogen (secondary N) is 1. The summed E-state index contributed by atoms with van der Waals surface area (Å²) in [6.07, 6.45) is 0.695. The van der Waals surface area contributed by atoms with Crippen molar-refractivity contribution >= 4 is 11.9 Å². The second-order valence-corrected chi connectivity index (χ2v) is 5.28. The molecule has 0 saturated heterocycles. The van der Waals surface area contributed by atoms with Gasteiger partial charge in [-0.3, -0.25) is 4.79 Å². The molecule has 1 aromatic rings. The Morgan fingerprint density at radius 1 is 1.24 bits per heavy atom. The van der Waals surface area contributed by atoms with Crippen LogP contribution in [0.25, 0.3) is 0 Å². The first-order valence-electron chi connectivity index (χ1n) is 7.12. The molecule has 0 aliphatic carbocycles. The predicted octanol–water partition coefficient (Wildman–Crippen LogP) is 1.72. The van der Waals surface area contributed by atoms with Crippen molar-refractivity contribution in [1.29, 1.82) is 0 Å². The lowest BCUT2D eigenvalue weighted by Gasteiger charge is -2.20. The summed E-state index contributed by atoms with van der Waals surface area (Å²) < 4.78 is 4.89. The van der Waals surface area contributed by atoms with Crippen molar-refractivity contribution in [2.45, 2.75) is 20.3 Å². The van der Waals surface area contributed by atoms with E-state index < -0.39 is 5.97 Å². The van der Waals surface area contributed by atoms with Crippen molar-refractivity contribution in [3.8, 4) is 0 Å². The Balaban J connectivity index is 2.41. The van der Waals surface area contributed by atoms with Crippen LogP contribution in [0.1, 0.15) is 19.4 Å². The van der Waals surface area contributed by atoms with E-state index in [1.165, 1.54) is 0 Å². The lowest BCUT2D eigenvalue weighted by atomic mass is 9.88. The zero-order valence-electron chi connectivity index (χ0n) is 12.5. The minimum atomic E-state index is -1.01. The number of aliphatic carboxylic acids is 1. The highest BCUT2D eigenvalue weighted by molar-refractivity contribution is 5.79. The van der Waals surface area contributed by atoms with Gasteiger partial charge in [0.2, 0.25) is 5.91 Å². The monoisotopic (exact) mass is 293 g/mol. The van der Waals surface area contributed by atoms with E-state index in [0.717, 1.165) is 5.56 Å². The molecule has 5 nitrogen and oxygen atoms in total. The molecule has 0 aliphatic heterocycles. The van der Waals surface area contributed by atoms with E-state index in [2.05, 4.69) is 5.32 Å². The topological polar surface area (TPSA) is 75.6 Å². The zero-order valence-corrected chi connectivity index (χ0v) is 12.5. The number of amides is 1. The van der Waals surface area contributed by atoms with Crippen LogP contribution in [0, 0.1) is 11.8 Å². The minimum Gasteiger partial charge on any atom is -0.480 e. The van der Waals surface area contributed by atoms with Crippen LogP contribution >= 0.6 is 0 Å². The number of carbonyl (C=O) groups excluding carboxylic acids is 1. The molecule has 0 aromatic heterocycles. The molecule has 116 valence electrons. The van der Waals surface area contributed by atoms with E-state index in [0.29, 0.717) is 13.0 Å². The van der Waals surface area contributed by atoms with Crippen LogP contribution in [0.4, 0.5) is 0 Å². The van der Waals surface area contributed by atoms with Gasteiger partial charge in [-0.25, -0.2) is 4.79 Å². The number of carbonyl (C=O) groups is 2. The van der Waals surface area contributed by atoms with E-state index in [4.69, 9.17) is 9.84 Å². The highest BCUT2D eigenvalue weighted by atomic mass is 16.5. The maximum absolute atomic E-state index is 12.2. The van der Waals surface area contributed by atoms with Gasteiger partial charge >= 0.3 is 5.97 Å². The first-order valence-corrected chi connectivity index (χ1v) is 7.12. The molecule has 1 amide bonds. The normalized spacial score (nSPS) is 12.1. The van der Waals surface area contributed by atoms with Crippen LogP contribution < -0.4 is 5.32 Å². The van der Waals surface area contributed by atoms with Gasteiger partial charge in [-0.2, -0.15) is 0 Å². The molecular weight excluding hydrogens is 270 g/mol. The molecule has 2 N–H and O–H groups in total. The molecular formula is C16H23NO4. The number of rotatable bonds is 9. The number of carboxylic acids is 1. The van der Waals surface area contributed by atoms with Crippen LogP contribution in [-0.4, -0.2) is 36.7 Å². The molecule has 5 heteroatoms. The fourth-order valence-corrected chi connectivity index (χ4v) is 2.04. The highest BCUT2D eigenvalue weighted by Gasteiger charge is 2.22. The maximum atomic E-state index is 12.2. The number of carboxylic acid groups (broad SMARTS) is 1. The molecule has 21 heavy (non-hydrogen) atoms. The van der Waals surface area contributed by atoms with Crippen molar-refractivity contribution in [2.24, 2.45) is 11.8 Å². The summed E-state index contributed by atoms with van der Waals surface area (Å²) in [6, 6.07) is 9.90. The van der Waals surface area contributed by atoms with Gasteiger partial charge in [-0.05, 0) is 17.9 Å². The summed E-state index contributed by atoms with van der Waals surface area (Å²) in [5.74, 6) is -0.907. The van der Waals surface area contributed by atoms with Crippen LogP contribution in [-0.2, 0) is 20.7 Å². The summed E-state index contributed by atoms with van der Waals surface area (Å²) in [7, 11) is 0. The molecule has 1 aromatic carbocycles. The third kappa shape index (κ3) is 6.90. The quantitative estimate of drug-likeness (QED) is 0.680. The van der Waals surface area contributed by atoms with Crippen LogP contribution in [0.5, 0.6) is 0 Å². The fourth-order valence-electron chi connectivity index (χ4n) is 2.04. The molecule has 0 bridgehead atoms. The highest BCUT2D eigenvalue weighted by Crippen LogP contribution is 2.17. The first-order chi connectivity index (χ1) is 10.0. The molecule has 1 atom stereocenters. The van der Waals surface area contributed by atoms with Gasteiger partial charge in [0.25, 0.3) is 0 Å². The summed E-state index contributed by atoms with van der Waals surface area (Å²) >= 11 is 0. The van der Waals surface area contributed by atoms with Crippen molar-refractivity contribution in [2.75, 3.05) is 19.8 Å². The SMILES string of the molecule is CC(C)C(Cc1ccccc1)C(=O)NCCOCC(=O)O. The third-order valence-corrected chi connectivity index (χ3v) is 3.21. The molecule has 0 radical (unpaired) electrons. The standard InChI is InChI=1S/C16H23NO4/c1-12(2)14(10-13-6-4-3-5-7-13)16(20)17-8-9-21-11-15(18)19/h3-7,12,14H,8-11H2,1-2H3,(H,17,20)(H,18,19). The lowest BCUT2D eigenvalue weighted by molar-refractivity contribution is -0.142. The molecule has 0 saturated carbocycles. The fraction of sp³-hybridized carbons (Fsp3) is 0.500. The van der Waals surface area contributed by atoms with Crippen molar-refractivity contribution in [1.82, 2.24) is 5.32 Å². The van der Waals surface area contributed by atoms with Crippen molar-refractivity contribution < 1.29 is 19.4 Å². The average molecular weight is 293 g/mol. The predicted molar refractivity (Wildman–Crippen MR) is 79.9 cm³/mol. The van der Waals surface area contributed by atoms with Gasteiger partial charge in [0, 0.05) is 12.5 Å². The van der Waals surface area contributed by atoms with Gasteiger partial charge in [-0.1, -0.05) is 44.2 Å². The van der Waals surface area contributed by atoms with Crippen molar-refractivity contribution in [3.63, 3.8) is 0 Å². The Morgan fingerprint density at radius 2 is 1.90 bits per heavy atom. The average Bonchev–Trinajstić information content (AvgIpc) is 2.44. The lowest BCUT2D eigenvalue weighted by Crippen LogP contribution is -2.36. The molecule has 0 heterocycles. The summed E-state index contributed by atoms with van der Waals surface area (Å²) in [5.41, 5.74) is 1.13. The second-order valence-electron chi connectivity index (χ2n) is 5.28. The largest absolute Gasteiger partial charge is 0.480 e. The number of ether oxygens (including phenoxy) is 1. The molecule has 1 unspecified atom stereocenters. The maximum Gasteiger partial charge on any atom is 0.329 e. The Bertz CT molecular complexity index is 445. The smallest absolute Gasteiger partial charge is 0.329 e. The van der Waals surface area contributed by atoms with E-state index >= 15 is 0 Å². The van der Waals surface area contributed by atoms with Gasteiger partial charge in [0.15, 0.2) is 0 Å². The number of hydrogen-bond acceptors (Lipinski definition) is 3. The van der Waals surface area contributed by atoms with E-state index in [9.17, 15) is 9.59 Å². The Hall–Kier alpha value is -1.88. The van der Waals surface area contributed by atoms with E-state index in [1.54, 1.807) is 0 Å². The Morgan fingerprint density at radius 3 is 2.48 bits per heavy atom. The number of benzene rings is 1. The van der Waals surface area contributed by atoms with Crippen LogP contribution in [0.3, 0.4) is 0 Å². The number of hydrogen-bond donors (Lipinski definition) is 2. The van der Waals surface area contributed by atoms with Crippen molar-refractivity contribution in [3.05, 3.63) is 35.9 Å². The van der Waals surface area contributed by atoms with Crippen LogP contribution in [0.15, 0.2) is 30.3 Å². The Labute approximate surface area is 125 Å². The molecule has 0 aliphatic rings. The van der Waals surface area contributed by atoms with Crippen LogP contribution in [0.2, 0.25) is 0 Å². The Kier molecular flexibility index (Phi) is 7.46. The molecule has 1 rings (SSSR count).